The number of rotatable bonds is 5. The standard InChI is InChI=1S/C16H24FN3O2/c1-12(10-18)16(21)20-7-5-19(6-8-20)11-13-3-4-15(22-2)14(17)9-13/h3-4,9,12H,5-8,10-11,18H2,1-2H3. The number of hydrogen-bond donors (Lipinski definition) is 1. The van der Waals surface area contributed by atoms with Gasteiger partial charge >= 0.3 is 0 Å². The van der Waals surface area contributed by atoms with Crippen molar-refractivity contribution in [2.45, 2.75) is 13.5 Å². The highest BCUT2D eigenvalue weighted by molar-refractivity contribution is 5.78. The van der Waals surface area contributed by atoms with Gasteiger partial charge in [0.1, 0.15) is 0 Å². The fourth-order valence-corrected chi connectivity index (χ4v) is 2.61. The van der Waals surface area contributed by atoms with Gasteiger partial charge in [0, 0.05) is 45.2 Å². The average molecular weight is 309 g/mol. The third-order valence-electron chi connectivity index (χ3n) is 4.08. The number of carbonyl (C=O) groups excluding carboxylic acids is 1. The molecule has 6 heteroatoms. The molecule has 1 aliphatic rings. The number of amides is 1. The van der Waals surface area contributed by atoms with Crippen LogP contribution in [0.1, 0.15) is 12.5 Å². The highest BCUT2D eigenvalue weighted by Gasteiger charge is 2.24. The van der Waals surface area contributed by atoms with Crippen molar-refractivity contribution in [1.29, 1.82) is 0 Å². The lowest BCUT2D eigenvalue weighted by Crippen LogP contribution is -2.50. The molecule has 0 radical (unpaired) electrons. The molecular weight excluding hydrogens is 285 g/mol. The number of methoxy groups -OCH3 is 1. The number of nitrogens with zero attached hydrogens (tertiary/aromatic N) is 2. The first-order valence-electron chi connectivity index (χ1n) is 7.58. The van der Waals surface area contributed by atoms with Crippen LogP contribution < -0.4 is 10.5 Å². The summed E-state index contributed by atoms with van der Waals surface area (Å²) in [5.41, 5.74) is 6.45. The van der Waals surface area contributed by atoms with Crippen molar-refractivity contribution in [2.24, 2.45) is 11.7 Å². The number of benzene rings is 1. The predicted molar refractivity (Wildman–Crippen MR) is 83.0 cm³/mol. The Morgan fingerprint density at radius 3 is 2.59 bits per heavy atom. The SMILES string of the molecule is COc1ccc(CN2CCN(C(=O)C(C)CN)CC2)cc1F. The van der Waals surface area contributed by atoms with E-state index in [1.165, 1.54) is 13.2 Å². The van der Waals surface area contributed by atoms with Crippen molar-refractivity contribution in [1.82, 2.24) is 9.80 Å². The van der Waals surface area contributed by atoms with Gasteiger partial charge in [-0.1, -0.05) is 13.0 Å². The van der Waals surface area contributed by atoms with E-state index in [-0.39, 0.29) is 23.4 Å². The number of piperazine rings is 1. The second-order valence-corrected chi connectivity index (χ2v) is 5.71. The molecule has 1 fully saturated rings. The molecule has 0 bridgehead atoms. The first-order chi connectivity index (χ1) is 10.5. The van der Waals surface area contributed by atoms with E-state index in [1.807, 2.05) is 17.9 Å². The summed E-state index contributed by atoms with van der Waals surface area (Å²) in [7, 11) is 1.46. The summed E-state index contributed by atoms with van der Waals surface area (Å²) in [5.74, 6) is -0.0830. The van der Waals surface area contributed by atoms with Crippen molar-refractivity contribution < 1.29 is 13.9 Å². The summed E-state index contributed by atoms with van der Waals surface area (Å²) in [5, 5.41) is 0. The molecule has 1 aliphatic heterocycles. The second kappa shape index (κ2) is 7.56. The Kier molecular flexibility index (Phi) is 5.74. The van der Waals surface area contributed by atoms with E-state index in [4.69, 9.17) is 10.5 Å². The van der Waals surface area contributed by atoms with Gasteiger partial charge in [0.2, 0.25) is 5.91 Å². The van der Waals surface area contributed by atoms with Crippen molar-refractivity contribution in [3.63, 3.8) is 0 Å². The van der Waals surface area contributed by atoms with Crippen LogP contribution in [0.15, 0.2) is 18.2 Å². The molecule has 1 atom stereocenters. The van der Waals surface area contributed by atoms with Crippen LogP contribution in [0.5, 0.6) is 5.75 Å². The smallest absolute Gasteiger partial charge is 0.226 e. The van der Waals surface area contributed by atoms with Gasteiger partial charge in [-0.2, -0.15) is 0 Å². The highest BCUT2D eigenvalue weighted by atomic mass is 19.1. The molecule has 122 valence electrons. The van der Waals surface area contributed by atoms with Crippen LogP contribution >= 0.6 is 0 Å². The molecule has 22 heavy (non-hydrogen) atoms. The molecule has 1 aromatic rings. The zero-order valence-electron chi connectivity index (χ0n) is 13.2. The van der Waals surface area contributed by atoms with Gasteiger partial charge in [0.05, 0.1) is 7.11 Å². The van der Waals surface area contributed by atoms with Crippen LogP contribution in [0, 0.1) is 11.7 Å². The Balaban J connectivity index is 1.87. The lowest BCUT2D eigenvalue weighted by atomic mass is 10.1. The number of hydrogen-bond acceptors (Lipinski definition) is 4. The second-order valence-electron chi connectivity index (χ2n) is 5.71. The molecule has 0 aliphatic carbocycles. The van der Waals surface area contributed by atoms with E-state index in [9.17, 15) is 9.18 Å². The Morgan fingerprint density at radius 2 is 2.05 bits per heavy atom. The quantitative estimate of drug-likeness (QED) is 0.884. The summed E-state index contributed by atoms with van der Waals surface area (Å²) < 4.78 is 18.6. The van der Waals surface area contributed by atoms with E-state index in [1.54, 1.807) is 6.07 Å². The molecule has 5 nitrogen and oxygen atoms in total. The topological polar surface area (TPSA) is 58.8 Å². The Labute approximate surface area is 130 Å². The number of halogens is 1. The van der Waals surface area contributed by atoms with Gasteiger partial charge in [0.25, 0.3) is 0 Å². The van der Waals surface area contributed by atoms with E-state index < -0.39 is 0 Å². The van der Waals surface area contributed by atoms with Crippen molar-refractivity contribution in [3.8, 4) is 5.75 Å². The predicted octanol–water partition coefficient (Wildman–Crippen LogP) is 1.07. The summed E-state index contributed by atoms with van der Waals surface area (Å²) in [4.78, 5) is 16.2. The minimum atomic E-state index is -0.342. The summed E-state index contributed by atoms with van der Waals surface area (Å²) in [6, 6.07) is 5.02. The first kappa shape index (κ1) is 16.7. The Morgan fingerprint density at radius 1 is 1.36 bits per heavy atom. The summed E-state index contributed by atoms with van der Waals surface area (Å²) in [6.45, 7) is 5.88. The minimum absolute atomic E-state index is 0.123. The molecule has 1 saturated heterocycles. The van der Waals surface area contributed by atoms with Gasteiger partial charge in [0.15, 0.2) is 11.6 Å². The van der Waals surface area contributed by atoms with Crippen LogP contribution in [-0.2, 0) is 11.3 Å². The highest BCUT2D eigenvalue weighted by Crippen LogP contribution is 2.19. The van der Waals surface area contributed by atoms with Crippen LogP contribution in [0.4, 0.5) is 4.39 Å². The van der Waals surface area contributed by atoms with Gasteiger partial charge < -0.3 is 15.4 Å². The van der Waals surface area contributed by atoms with E-state index in [0.29, 0.717) is 26.2 Å². The third-order valence-corrected chi connectivity index (χ3v) is 4.08. The van der Waals surface area contributed by atoms with Gasteiger partial charge in [-0.3, -0.25) is 9.69 Å². The number of carbonyl (C=O) groups is 1. The van der Waals surface area contributed by atoms with Gasteiger partial charge in [-0.05, 0) is 17.7 Å². The Hall–Kier alpha value is -1.66. The maximum atomic E-state index is 13.7. The fraction of sp³-hybridized carbons (Fsp3) is 0.562. The van der Waals surface area contributed by atoms with Crippen LogP contribution in [0.25, 0.3) is 0 Å². The van der Waals surface area contributed by atoms with Crippen LogP contribution in [0.2, 0.25) is 0 Å². The minimum Gasteiger partial charge on any atom is -0.494 e. The summed E-state index contributed by atoms with van der Waals surface area (Å²) >= 11 is 0. The van der Waals surface area contributed by atoms with E-state index in [2.05, 4.69) is 4.90 Å². The zero-order valence-corrected chi connectivity index (χ0v) is 13.2. The fourth-order valence-electron chi connectivity index (χ4n) is 2.61. The molecule has 1 amide bonds. The molecule has 1 aromatic carbocycles. The molecule has 0 spiro atoms. The Bertz CT molecular complexity index is 516. The number of ether oxygens (including phenoxy) is 1. The number of nitrogens with two attached hydrogens (primary N) is 1. The van der Waals surface area contributed by atoms with Crippen LogP contribution in [-0.4, -0.2) is 55.5 Å². The molecule has 0 aromatic heterocycles. The lowest BCUT2D eigenvalue weighted by molar-refractivity contribution is -0.136. The van der Waals surface area contributed by atoms with E-state index in [0.717, 1.165) is 18.7 Å². The van der Waals surface area contributed by atoms with Gasteiger partial charge in [-0.15, -0.1) is 0 Å². The molecule has 1 unspecified atom stereocenters. The van der Waals surface area contributed by atoms with Crippen molar-refractivity contribution in [3.05, 3.63) is 29.6 Å². The monoisotopic (exact) mass is 309 g/mol. The largest absolute Gasteiger partial charge is 0.494 e. The van der Waals surface area contributed by atoms with Crippen molar-refractivity contribution in [2.75, 3.05) is 39.8 Å². The molecule has 0 saturated carbocycles. The molecule has 2 rings (SSSR count). The van der Waals surface area contributed by atoms with Crippen LogP contribution in [0.3, 0.4) is 0 Å². The third kappa shape index (κ3) is 3.96. The summed E-state index contributed by atoms with van der Waals surface area (Å²) in [6.07, 6.45) is 0. The normalized spacial score (nSPS) is 17.4. The first-order valence-corrected chi connectivity index (χ1v) is 7.58. The molecular formula is C16H24FN3O2. The molecule has 2 N–H and O–H groups in total. The zero-order chi connectivity index (χ0) is 16.1. The molecule has 1 heterocycles. The maximum Gasteiger partial charge on any atom is 0.226 e. The lowest BCUT2D eigenvalue weighted by Gasteiger charge is -2.35. The van der Waals surface area contributed by atoms with Crippen molar-refractivity contribution >= 4 is 5.91 Å². The van der Waals surface area contributed by atoms with E-state index >= 15 is 0 Å². The van der Waals surface area contributed by atoms with Gasteiger partial charge in [-0.25, -0.2) is 4.39 Å². The average Bonchev–Trinajstić information content (AvgIpc) is 2.54. The maximum absolute atomic E-state index is 13.7.